The molecule has 1 aromatic rings. The van der Waals surface area contributed by atoms with Gasteiger partial charge in [-0.3, -0.25) is 4.79 Å². The summed E-state index contributed by atoms with van der Waals surface area (Å²) in [6, 6.07) is 8.88. The number of carboxylic acid groups (broad SMARTS) is 1. The van der Waals surface area contributed by atoms with Gasteiger partial charge in [0.15, 0.2) is 5.60 Å². The van der Waals surface area contributed by atoms with Gasteiger partial charge in [0.05, 0.1) is 5.88 Å². The van der Waals surface area contributed by atoms with E-state index < -0.39 is 23.0 Å². The van der Waals surface area contributed by atoms with Gasteiger partial charge in [-0.1, -0.05) is 37.5 Å². The first-order chi connectivity index (χ1) is 10.9. The average Bonchev–Trinajstić information content (AvgIpc) is 2.56. The van der Waals surface area contributed by atoms with Gasteiger partial charge in [-0.05, 0) is 31.9 Å². The molecule has 0 radical (unpaired) electrons. The van der Waals surface area contributed by atoms with Crippen LogP contribution in [-0.4, -0.2) is 34.0 Å². The van der Waals surface area contributed by atoms with Crippen LogP contribution < -0.4 is 10.1 Å². The molecule has 1 fully saturated rings. The van der Waals surface area contributed by atoms with Gasteiger partial charge in [-0.2, -0.15) is 0 Å². The molecule has 23 heavy (non-hydrogen) atoms. The standard InChI is InChI=1S/C17H22ClNO4/c1-16(12-18,23-13-8-4-2-5-9-13)14(20)19-17(15(21)22)10-6-3-7-11-17/h2,4-5,8-9H,3,6-7,10-12H2,1H3,(H,19,20)(H,21,22). The minimum Gasteiger partial charge on any atom is -0.480 e. The predicted molar refractivity (Wildman–Crippen MR) is 87.8 cm³/mol. The van der Waals surface area contributed by atoms with Crippen molar-refractivity contribution in [3.05, 3.63) is 30.3 Å². The lowest BCUT2D eigenvalue weighted by molar-refractivity contribution is -0.152. The molecule has 0 saturated heterocycles. The molecule has 1 aliphatic carbocycles. The number of carbonyl (C=O) groups excluding carboxylic acids is 1. The number of carbonyl (C=O) groups is 2. The van der Waals surface area contributed by atoms with Crippen LogP contribution in [-0.2, 0) is 9.59 Å². The van der Waals surface area contributed by atoms with Crippen LogP contribution in [0, 0.1) is 0 Å². The second-order valence-corrected chi connectivity index (χ2v) is 6.45. The van der Waals surface area contributed by atoms with Crippen molar-refractivity contribution in [1.82, 2.24) is 5.32 Å². The number of benzene rings is 1. The Morgan fingerprint density at radius 1 is 1.26 bits per heavy atom. The molecule has 1 aliphatic rings. The molecule has 6 heteroatoms. The number of nitrogens with one attached hydrogen (secondary N) is 1. The molecule has 0 bridgehead atoms. The Morgan fingerprint density at radius 2 is 1.87 bits per heavy atom. The highest BCUT2D eigenvalue weighted by Gasteiger charge is 2.45. The second kappa shape index (κ2) is 7.21. The smallest absolute Gasteiger partial charge is 0.329 e. The first-order valence-electron chi connectivity index (χ1n) is 7.78. The van der Waals surface area contributed by atoms with E-state index in [0.717, 1.165) is 19.3 Å². The molecule has 0 aromatic heterocycles. The number of hydrogen-bond donors (Lipinski definition) is 2. The van der Waals surface area contributed by atoms with E-state index in [1.54, 1.807) is 31.2 Å². The average molecular weight is 340 g/mol. The van der Waals surface area contributed by atoms with Gasteiger partial charge in [0.25, 0.3) is 5.91 Å². The third-order valence-electron chi connectivity index (χ3n) is 4.29. The Bertz CT molecular complexity index is 557. The van der Waals surface area contributed by atoms with Crippen LogP contribution >= 0.6 is 11.6 Å². The van der Waals surface area contributed by atoms with Crippen molar-refractivity contribution in [1.29, 1.82) is 0 Å². The molecule has 1 saturated carbocycles. The van der Waals surface area contributed by atoms with Crippen molar-refractivity contribution < 1.29 is 19.4 Å². The van der Waals surface area contributed by atoms with Crippen LogP contribution in [0.1, 0.15) is 39.0 Å². The van der Waals surface area contributed by atoms with Gasteiger partial charge in [0.1, 0.15) is 11.3 Å². The highest BCUT2D eigenvalue weighted by atomic mass is 35.5. The SMILES string of the molecule is CC(CCl)(Oc1ccccc1)C(=O)NC1(C(=O)O)CCCCC1. The van der Waals surface area contributed by atoms with E-state index in [2.05, 4.69) is 5.32 Å². The number of halogens is 1. The third-order valence-corrected chi connectivity index (χ3v) is 4.80. The molecule has 126 valence electrons. The zero-order valence-corrected chi connectivity index (χ0v) is 13.9. The maximum absolute atomic E-state index is 12.7. The predicted octanol–water partition coefficient (Wildman–Crippen LogP) is 2.97. The normalized spacial score (nSPS) is 19.4. The van der Waals surface area contributed by atoms with Gasteiger partial charge >= 0.3 is 5.97 Å². The summed E-state index contributed by atoms with van der Waals surface area (Å²) in [6.45, 7) is 1.57. The Labute approximate surface area is 141 Å². The van der Waals surface area contributed by atoms with Crippen molar-refractivity contribution in [2.45, 2.75) is 50.2 Å². The van der Waals surface area contributed by atoms with E-state index in [4.69, 9.17) is 16.3 Å². The molecule has 5 nitrogen and oxygen atoms in total. The third kappa shape index (κ3) is 3.96. The number of ether oxygens (including phenoxy) is 1. The number of rotatable bonds is 6. The number of aliphatic carboxylic acids is 1. The topological polar surface area (TPSA) is 75.6 Å². The van der Waals surface area contributed by atoms with E-state index in [1.807, 2.05) is 6.07 Å². The number of hydrogen-bond acceptors (Lipinski definition) is 3. The Kier molecular flexibility index (Phi) is 5.52. The largest absolute Gasteiger partial charge is 0.480 e. The zero-order valence-electron chi connectivity index (χ0n) is 13.2. The summed E-state index contributed by atoms with van der Waals surface area (Å²) in [7, 11) is 0. The van der Waals surface area contributed by atoms with Crippen molar-refractivity contribution >= 4 is 23.5 Å². The van der Waals surface area contributed by atoms with Gasteiger partial charge in [-0.15, -0.1) is 11.6 Å². The summed E-state index contributed by atoms with van der Waals surface area (Å²) in [4.78, 5) is 24.4. The van der Waals surface area contributed by atoms with Gasteiger partial charge < -0.3 is 15.2 Å². The van der Waals surface area contributed by atoms with Gasteiger partial charge in [0.2, 0.25) is 0 Å². The summed E-state index contributed by atoms with van der Waals surface area (Å²) in [5.41, 5.74) is -2.55. The van der Waals surface area contributed by atoms with Crippen LogP contribution in [0.5, 0.6) is 5.75 Å². The van der Waals surface area contributed by atoms with Crippen molar-refractivity contribution in [3.63, 3.8) is 0 Å². The van der Waals surface area contributed by atoms with Gasteiger partial charge in [-0.25, -0.2) is 4.79 Å². The van der Waals surface area contributed by atoms with Crippen molar-refractivity contribution in [2.75, 3.05) is 5.88 Å². The Balaban J connectivity index is 2.16. The molecule has 2 N–H and O–H groups in total. The fraction of sp³-hybridized carbons (Fsp3) is 0.529. The maximum Gasteiger partial charge on any atom is 0.329 e. The van der Waals surface area contributed by atoms with Crippen molar-refractivity contribution in [2.24, 2.45) is 0 Å². The lowest BCUT2D eigenvalue weighted by Crippen LogP contribution is -2.62. The lowest BCUT2D eigenvalue weighted by Gasteiger charge is -2.37. The highest BCUT2D eigenvalue weighted by molar-refractivity contribution is 6.20. The van der Waals surface area contributed by atoms with Crippen LogP contribution in [0.25, 0.3) is 0 Å². The Morgan fingerprint density at radius 3 is 2.39 bits per heavy atom. The molecular weight excluding hydrogens is 318 g/mol. The molecule has 1 amide bonds. The number of alkyl halides is 1. The number of carboxylic acids is 1. The molecule has 0 heterocycles. The van der Waals surface area contributed by atoms with E-state index in [-0.39, 0.29) is 5.88 Å². The maximum atomic E-state index is 12.7. The summed E-state index contributed by atoms with van der Waals surface area (Å²) in [6.07, 6.45) is 3.40. The first-order valence-corrected chi connectivity index (χ1v) is 8.31. The van der Waals surface area contributed by atoms with Crippen LogP contribution in [0.4, 0.5) is 0 Å². The summed E-state index contributed by atoms with van der Waals surface area (Å²) >= 11 is 5.96. The highest BCUT2D eigenvalue weighted by Crippen LogP contribution is 2.30. The van der Waals surface area contributed by atoms with Crippen LogP contribution in [0.3, 0.4) is 0 Å². The van der Waals surface area contributed by atoms with E-state index in [0.29, 0.717) is 18.6 Å². The molecular formula is C17H22ClNO4. The molecule has 1 atom stereocenters. The fourth-order valence-corrected chi connectivity index (χ4v) is 2.96. The lowest BCUT2D eigenvalue weighted by atomic mass is 9.81. The molecule has 1 unspecified atom stereocenters. The minimum absolute atomic E-state index is 0.0799. The van der Waals surface area contributed by atoms with Crippen LogP contribution in [0.15, 0.2) is 30.3 Å². The number of para-hydroxylation sites is 1. The summed E-state index contributed by atoms with van der Waals surface area (Å²) in [5, 5.41) is 12.3. The quantitative estimate of drug-likeness (QED) is 0.781. The van der Waals surface area contributed by atoms with Crippen molar-refractivity contribution in [3.8, 4) is 5.75 Å². The van der Waals surface area contributed by atoms with E-state index in [1.165, 1.54) is 0 Å². The molecule has 0 spiro atoms. The first kappa shape index (κ1) is 17.6. The molecule has 0 aliphatic heterocycles. The zero-order chi connectivity index (χ0) is 16.9. The number of amides is 1. The molecule has 2 rings (SSSR count). The minimum atomic E-state index is -1.33. The summed E-state index contributed by atoms with van der Waals surface area (Å²) in [5.74, 6) is -1.06. The van der Waals surface area contributed by atoms with Gasteiger partial charge in [0, 0.05) is 0 Å². The monoisotopic (exact) mass is 339 g/mol. The molecule has 1 aromatic carbocycles. The van der Waals surface area contributed by atoms with E-state index >= 15 is 0 Å². The Hall–Kier alpha value is -1.75. The second-order valence-electron chi connectivity index (χ2n) is 6.18. The summed E-state index contributed by atoms with van der Waals surface area (Å²) < 4.78 is 5.74. The van der Waals surface area contributed by atoms with Crippen LogP contribution in [0.2, 0.25) is 0 Å². The fourth-order valence-electron chi connectivity index (χ4n) is 2.78. The van der Waals surface area contributed by atoms with E-state index in [9.17, 15) is 14.7 Å².